The van der Waals surface area contributed by atoms with Crippen LogP contribution in [-0.2, 0) is 0 Å². The minimum Gasteiger partial charge on any atom is -0.107 e. The van der Waals surface area contributed by atoms with Crippen LogP contribution in [-0.4, -0.2) is 0 Å². The van der Waals surface area contributed by atoms with Gasteiger partial charge in [0.25, 0.3) is 0 Å². The molecule has 0 bridgehead atoms. The van der Waals surface area contributed by atoms with E-state index in [1.54, 1.807) is 0 Å². The van der Waals surface area contributed by atoms with E-state index >= 15 is 0 Å². The molecule has 0 saturated heterocycles. The number of hydrogen-bond acceptors (Lipinski definition) is 2. The van der Waals surface area contributed by atoms with Crippen LogP contribution in [0.4, 0.5) is 0 Å². The maximum atomic E-state index is 3.83. The molecule has 0 aliphatic heterocycles. The van der Waals surface area contributed by atoms with Gasteiger partial charge in [-0.1, -0.05) is 16.9 Å². The van der Waals surface area contributed by atoms with Gasteiger partial charge in [-0.05, 0) is 12.3 Å². The molecular weight excluding hydrogens is 100 g/mol. The fraction of sp³-hybridized carbons (Fsp3) is 0.333. The first kappa shape index (κ1) is 5.44. The lowest BCUT2D eigenvalue weighted by atomic mass is 10.8. The second-order valence-electron chi connectivity index (χ2n) is 0.575. The average Bonchev–Trinajstić information content (AvgIpc) is 1.41. The van der Waals surface area contributed by atoms with E-state index in [4.69, 9.17) is 0 Å². The highest BCUT2D eigenvalue weighted by Gasteiger charge is 1.52. The van der Waals surface area contributed by atoms with Crippen molar-refractivity contribution in [2.75, 3.05) is 0 Å². The van der Waals surface area contributed by atoms with Crippen LogP contribution in [0.1, 0.15) is 6.92 Å². The van der Waals surface area contributed by atoms with E-state index in [-0.39, 0.29) is 0 Å². The van der Waals surface area contributed by atoms with Crippen LogP contribution < -0.4 is 0 Å². The summed E-state index contributed by atoms with van der Waals surface area (Å²) in [5, 5.41) is 1.91. The Morgan fingerprint density at radius 3 is 2.40 bits per heavy atom. The summed E-state index contributed by atoms with van der Waals surface area (Å²) in [7, 11) is 1.42. The van der Waals surface area contributed by atoms with Gasteiger partial charge in [0.15, 0.2) is 0 Å². The molecule has 30 valence electrons. The van der Waals surface area contributed by atoms with Crippen molar-refractivity contribution in [2.45, 2.75) is 6.92 Å². The third-order valence-corrected chi connectivity index (χ3v) is 0.956. The minimum atomic E-state index is 1.42. The van der Waals surface area contributed by atoms with Crippen LogP contribution in [0.3, 0.4) is 0 Å². The molecule has 0 radical (unpaired) electrons. The molecule has 0 aromatic carbocycles. The molecular formula is C3H6S2. The van der Waals surface area contributed by atoms with E-state index in [0.717, 1.165) is 0 Å². The lowest BCUT2D eigenvalue weighted by Gasteiger charge is -1.64. The largest absolute Gasteiger partial charge is 0.107 e. The predicted octanol–water partition coefficient (Wildman–Crippen LogP) is 2.10. The van der Waals surface area contributed by atoms with Crippen molar-refractivity contribution >= 4 is 22.5 Å². The van der Waals surface area contributed by atoms with E-state index in [1.165, 1.54) is 10.8 Å². The van der Waals surface area contributed by atoms with Crippen molar-refractivity contribution in [3.8, 4) is 0 Å². The zero-order valence-electron chi connectivity index (χ0n) is 3.01. The molecule has 5 heavy (non-hydrogen) atoms. The highest BCUT2D eigenvalue weighted by molar-refractivity contribution is 8.69. The van der Waals surface area contributed by atoms with Gasteiger partial charge in [0.05, 0.1) is 0 Å². The lowest BCUT2D eigenvalue weighted by Crippen LogP contribution is -1.27. The van der Waals surface area contributed by atoms with E-state index < -0.39 is 0 Å². The Kier molecular flexibility index (Phi) is 4.83. The summed E-state index contributed by atoms with van der Waals surface area (Å²) in [5.74, 6) is 0. The Morgan fingerprint density at radius 1 is 1.80 bits per heavy atom. The lowest BCUT2D eigenvalue weighted by molar-refractivity contribution is 1.79. The van der Waals surface area contributed by atoms with Crippen LogP contribution in [0, 0.1) is 0 Å². The zero-order chi connectivity index (χ0) is 4.12. The van der Waals surface area contributed by atoms with Gasteiger partial charge < -0.3 is 0 Å². The molecule has 0 aliphatic rings. The highest BCUT2D eigenvalue weighted by atomic mass is 33.1. The monoisotopic (exact) mass is 106 g/mol. The predicted molar refractivity (Wildman–Crippen MR) is 31.4 cm³/mol. The minimum absolute atomic E-state index is 1.42. The van der Waals surface area contributed by atoms with Crippen molar-refractivity contribution in [1.82, 2.24) is 0 Å². The first-order chi connectivity index (χ1) is 2.41. The van der Waals surface area contributed by atoms with Crippen molar-refractivity contribution < 1.29 is 0 Å². The fourth-order valence-electron chi connectivity index (χ4n) is 0.0609. The summed E-state index contributed by atoms with van der Waals surface area (Å²) in [6.07, 6.45) is 1.94. The van der Waals surface area contributed by atoms with E-state index in [9.17, 15) is 0 Å². The normalized spacial score (nSPS) is 10.0. The Balaban J connectivity index is 2.62. The molecule has 0 spiro atoms. The van der Waals surface area contributed by atoms with Crippen molar-refractivity contribution in [1.29, 1.82) is 0 Å². The molecule has 0 fully saturated rings. The first-order valence-corrected chi connectivity index (χ1v) is 3.26. The molecule has 0 aromatic heterocycles. The number of allylic oxidation sites excluding steroid dienone is 1. The van der Waals surface area contributed by atoms with Crippen LogP contribution >= 0.6 is 22.5 Å². The molecule has 0 N–H and O–H groups in total. The number of hydrogen-bond donors (Lipinski definition) is 1. The standard InChI is InChI=1S/C3H6S2/c1-2-3-5-4/h2-4H,1H3. The fourth-order valence-corrected chi connectivity index (χ4v) is 0.548. The first-order valence-electron chi connectivity index (χ1n) is 1.33. The Bertz CT molecular complexity index is 31.9. The van der Waals surface area contributed by atoms with Crippen LogP contribution in [0.25, 0.3) is 0 Å². The summed E-state index contributed by atoms with van der Waals surface area (Å²) < 4.78 is 0. The second kappa shape index (κ2) is 4.44. The third-order valence-electron chi connectivity index (χ3n) is 0.197. The molecule has 0 nitrogen and oxygen atoms in total. The highest BCUT2D eigenvalue weighted by Crippen LogP contribution is 2.03. The molecule has 0 aromatic rings. The van der Waals surface area contributed by atoms with Gasteiger partial charge in [0.2, 0.25) is 0 Å². The van der Waals surface area contributed by atoms with Crippen molar-refractivity contribution in [3.05, 3.63) is 11.5 Å². The number of rotatable bonds is 1. The maximum absolute atomic E-state index is 3.83. The van der Waals surface area contributed by atoms with Gasteiger partial charge in [0.1, 0.15) is 0 Å². The Morgan fingerprint density at radius 2 is 2.40 bits per heavy atom. The molecule has 0 amide bonds. The molecule has 0 rings (SSSR count). The summed E-state index contributed by atoms with van der Waals surface area (Å²) in [4.78, 5) is 0. The van der Waals surface area contributed by atoms with Crippen molar-refractivity contribution in [3.63, 3.8) is 0 Å². The van der Waals surface area contributed by atoms with Gasteiger partial charge in [0, 0.05) is 0 Å². The molecule has 2 heteroatoms. The molecule has 0 heterocycles. The zero-order valence-corrected chi connectivity index (χ0v) is 4.72. The van der Waals surface area contributed by atoms with Gasteiger partial charge in [-0.3, -0.25) is 0 Å². The van der Waals surface area contributed by atoms with Gasteiger partial charge >= 0.3 is 0 Å². The molecule has 0 aliphatic carbocycles. The van der Waals surface area contributed by atoms with Crippen LogP contribution in [0.5, 0.6) is 0 Å². The Hall–Kier alpha value is 0.440. The summed E-state index contributed by atoms with van der Waals surface area (Å²) >= 11 is 3.83. The summed E-state index contributed by atoms with van der Waals surface area (Å²) in [6, 6.07) is 0. The van der Waals surface area contributed by atoms with Gasteiger partial charge in [-0.2, -0.15) is 0 Å². The average molecular weight is 106 g/mol. The number of thiol groups is 1. The topological polar surface area (TPSA) is 0 Å². The summed E-state index contributed by atoms with van der Waals surface area (Å²) in [5.41, 5.74) is 0. The van der Waals surface area contributed by atoms with Crippen LogP contribution in [0.2, 0.25) is 0 Å². The smallest absolute Gasteiger partial charge is 0.0227 e. The van der Waals surface area contributed by atoms with E-state index in [1.807, 2.05) is 18.4 Å². The maximum Gasteiger partial charge on any atom is -0.0227 e. The van der Waals surface area contributed by atoms with E-state index in [2.05, 4.69) is 11.7 Å². The molecule has 0 atom stereocenters. The van der Waals surface area contributed by atoms with Crippen LogP contribution in [0.15, 0.2) is 11.5 Å². The van der Waals surface area contributed by atoms with Gasteiger partial charge in [-0.15, -0.1) is 11.7 Å². The SMILES string of the molecule is CC=CSS. The molecule has 0 saturated carbocycles. The third kappa shape index (κ3) is 4.44. The van der Waals surface area contributed by atoms with Gasteiger partial charge in [-0.25, -0.2) is 0 Å². The Labute approximate surface area is 41.5 Å². The van der Waals surface area contributed by atoms with E-state index in [0.29, 0.717) is 0 Å². The molecule has 0 unspecified atom stereocenters. The summed E-state index contributed by atoms with van der Waals surface area (Å²) in [6.45, 7) is 1.96. The van der Waals surface area contributed by atoms with Crippen molar-refractivity contribution in [2.24, 2.45) is 0 Å². The quantitative estimate of drug-likeness (QED) is 0.394. The second-order valence-corrected chi connectivity index (χ2v) is 1.69.